The third-order valence-electron chi connectivity index (χ3n) is 5.90. The summed E-state index contributed by atoms with van der Waals surface area (Å²) in [5.74, 6) is 0.829. The van der Waals surface area contributed by atoms with Crippen molar-refractivity contribution in [2.45, 2.75) is 44.0 Å². The van der Waals surface area contributed by atoms with Crippen LogP contribution in [-0.4, -0.2) is 24.5 Å². The Morgan fingerprint density at radius 3 is 2.56 bits per heavy atom. The maximum Gasteiger partial charge on any atom is 0.224 e. The van der Waals surface area contributed by atoms with E-state index in [1.807, 2.05) is 68.4 Å². The van der Waals surface area contributed by atoms with Crippen molar-refractivity contribution in [3.63, 3.8) is 0 Å². The minimum Gasteiger partial charge on any atom is -0.497 e. The third kappa shape index (κ3) is 9.11. The molecule has 39 heavy (non-hydrogen) atoms. The second kappa shape index (κ2) is 14.7. The van der Waals surface area contributed by atoms with Crippen LogP contribution in [0.3, 0.4) is 0 Å². The van der Waals surface area contributed by atoms with Gasteiger partial charge >= 0.3 is 0 Å². The van der Waals surface area contributed by atoms with E-state index in [0.717, 1.165) is 60.4 Å². The average Bonchev–Trinajstić information content (AvgIpc) is 3.35. The van der Waals surface area contributed by atoms with Crippen molar-refractivity contribution in [3.05, 3.63) is 88.4 Å². The van der Waals surface area contributed by atoms with Gasteiger partial charge in [0.25, 0.3) is 0 Å². The Bertz CT molecular complexity index is 1430. The second-order valence-corrected chi connectivity index (χ2v) is 10.9. The van der Waals surface area contributed by atoms with Gasteiger partial charge in [-0.25, -0.2) is 4.98 Å². The average molecular weight is 564 g/mol. The fraction of sp³-hybridized carbons (Fsp3) is 0.267. The van der Waals surface area contributed by atoms with Gasteiger partial charge < -0.3 is 27.3 Å². The van der Waals surface area contributed by atoms with Crippen LogP contribution in [0.2, 0.25) is 0 Å². The minimum absolute atomic E-state index is 0.00520. The molecular weight excluding hydrogens is 526 g/mol. The van der Waals surface area contributed by atoms with E-state index in [1.165, 1.54) is 0 Å². The molecule has 9 heteroatoms. The largest absolute Gasteiger partial charge is 0.497 e. The molecule has 1 heterocycles. The number of allylic oxidation sites excluding steroid dienone is 1. The van der Waals surface area contributed by atoms with Crippen LogP contribution in [0.25, 0.3) is 15.9 Å². The number of ether oxygens (including phenoxy) is 1. The summed E-state index contributed by atoms with van der Waals surface area (Å²) in [6, 6.07) is 21.3. The van der Waals surface area contributed by atoms with Crippen molar-refractivity contribution in [2.24, 2.45) is 17.2 Å². The molecule has 0 aliphatic heterocycles. The number of thiol groups is 1. The van der Waals surface area contributed by atoms with Crippen molar-refractivity contribution < 1.29 is 9.53 Å². The van der Waals surface area contributed by atoms with Crippen LogP contribution in [0, 0.1) is 0 Å². The zero-order valence-corrected chi connectivity index (χ0v) is 24.3. The lowest BCUT2D eigenvalue weighted by Gasteiger charge is -2.11. The lowest BCUT2D eigenvalue weighted by molar-refractivity contribution is -0.116. The lowest BCUT2D eigenvalue weighted by Crippen LogP contribution is -2.13. The molecule has 0 spiro atoms. The zero-order valence-electron chi connectivity index (χ0n) is 22.6. The number of anilines is 1. The van der Waals surface area contributed by atoms with Crippen LogP contribution in [-0.2, 0) is 11.2 Å². The fourth-order valence-corrected chi connectivity index (χ4v) is 5.00. The molecule has 0 aliphatic rings. The van der Waals surface area contributed by atoms with Crippen molar-refractivity contribution in [3.8, 4) is 5.75 Å². The Hall–Kier alpha value is -3.37. The van der Waals surface area contributed by atoms with Crippen LogP contribution in [0.4, 0.5) is 5.69 Å². The minimum atomic E-state index is -0.147. The van der Waals surface area contributed by atoms with E-state index in [-0.39, 0.29) is 11.9 Å². The van der Waals surface area contributed by atoms with E-state index >= 15 is 0 Å². The molecule has 4 rings (SSSR count). The van der Waals surface area contributed by atoms with Gasteiger partial charge in [-0.1, -0.05) is 29.8 Å². The van der Waals surface area contributed by atoms with Gasteiger partial charge in [-0.3, -0.25) is 4.79 Å². The van der Waals surface area contributed by atoms with E-state index in [4.69, 9.17) is 21.9 Å². The first-order chi connectivity index (χ1) is 18.7. The molecular formula is C30H37N5O2S2. The maximum absolute atomic E-state index is 11.3. The Morgan fingerprint density at radius 1 is 1.10 bits per heavy atom. The van der Waals surface area contributed by atoms with Crippen molar-refractivity contribution >= 4 is 51.5 Å². The number of carbonyl (C=O) groups is 1. The highest BCUT2D eigenvalue weighted by atomic mass is 32.1. The first kappa shape index (κ1) is 30.2. The number of fused-ring (bicyclic) bond motifs is 1. The number of methoxy groups -OCH3 is 1. The molecule has 0 fully saturated rings. The topological polar surface area (TPSA) is 129 Å². The molecule has 1 aromatic heterocycles. The molecule has 0 bridgehead atoms. The van der Waals surface area contributed by atoms with E-state index < -0.39 is 0 Å². The quantitative estimate of drug-likeness (QED) is 0.161. The van der Waals surface area contributed by atoms with E-state index in [1.54, 1.807) is 18.4 Å². The van der Waals surface area contributed by atoms with Crippen molar-refractivity contribution in [2.75, 3.05) is 19.0 Å². The molecule has 1 unspecified atom stereocenters. The Balaban J connectivity index is 0.000000255. The zero-order chi connectivity index (χ0) is 28.4. The normalized spacial score (nSPS) is 11.3. The summed E-state index contributed by atoms with van der Waals surface area (Å²) in [6.07, 6.45) is 1.90. The standard InChI is InChI=1S/C20H23N3OS.C10H14N2OS/c1-12(2)19(22)14-6-4-5-13(9-14)10-16(21)20-23-17-8-7-15(24-3)11-18(17)25-20;11-6-2-5-10(13)12-8-3-1-4-9(14)7-8/h4-9,11,16H,10,21-22H2,1-3H3;1,3-4,7,14H,2,5-6,11H2,(H,12,13). The van der Waals surface area contributed by atoms with E-state index in [9.17, 15) is 4.79 Å². The SMILES string of the molecule is COc1ccc2nc(C(N)Cc3cccc(C(N)=C(C)C)c3)sc2c1.NCCCC(=O)Nc1cccc(S)c1. The predicted octanol–water partition coefficient (Wildman–Crippen LogP) is 5.91. The molecule has 1 atom stereocenters. The highest BCUT2D eigenvalue weighted by molar-refractivity contribution is 7.80. The summed E-state index contributed by atoms with van der Waals surface area (Å²) in [7, 11) is 1.67. The van der Waals surface area contributed by atoms with E-state index in [2.05, 4.69) is 35.1 Å². The van der Waals surface area contributed by atoms with E-state index in [0.29, 0.717) is 19.4 Å². The monoisotopic (exact) mass is 563 g/mol. The number of nitrogens with two attached hydrogens (primary N) is 3. The van der Waals surface area contributed by atoms with Gasteiger partial charge in [0.05, 0.1) is 23.4 Å². The predicted molar refractivity (Wildman–Crippen MR) is 166 cm³/mol. The molecule has 3 aromatic carbocycles. The lowest BCUT2D eigenvalue weighted by atomic mass is 10.0. The van der Waals surface area contributed by atoms with Crippen LogP contribution >= 0.6 is 24.0 Å². The van der Waals surface area contributed by atoms with Gasteiger partial charge in [-0.05, 0) is 86.8 Å². The number of amides is 1. The van der Waals surface area contributed by atoms with Gasteiger partial charge in [0.2, 0.25) is 5.91 Å². The number of carbonyl (C=O) groups excluding carboxylic acids is 1. The van der Waals surface area contributed by atoms with Crippen molar-refractivity contribution in [1.82, 2.24) is 4.98 Å². The van der Waals surface area contributed by atoms with Crippen LogP contribution in [0.5, 0.6) is 5.75 Å². The number of nitrogens with zero attached hydrogens (tertiary/aromatic N) is 1. The Kier molecular flexibility index (Phi) is 11.4. The van der Waals surface area contributed by atoms with Gasteiger partial charge in [0.1, 0.15) is 10.8 Å². The molecule has 0 saturated heterocycles. The molecule has 7 nitrogen and oxygen atoms in total. The van der Waals surface area contributed by atoms with Crippen LogP contribution in [0.15, 0.2) is 77.2 Å². The Morgan fingerprint density at radius 2 is 1.87 bits per heavy atom. The number of rotatable bonds is 9. The number of aromatic nitrogens is 1. The number of benzene rings is 3. The third-order valence-corrected chi connectivity index (χ3v) is 7.33. The summed E-state index contributed by atoms with van der Waals surface area (Å²) in [5.41, 5.74) is 23.7. The van der Waals surface area contributed by atoms with Crippen molar-refractivity contribution in [1.29, 1.82) is 0 Å². The summed E-state index contributed by atoms with van der Waals surface area (Å²) < 4.78 is 6.36. The smallest absolute Gasteiger partial charge is 0.224 e. The summed E-state index contributed by atoms with van der Waals surface area (Å²) >= 11 is 5.80. The summed E-state index contributed by atoms with van der Waals surface area (Å²) in [5, 5.41) is 3.71. The maximum atomic E-state index is 11.3. The molecule has 0 radical (unpaired) electrons. The molecule has 1 amide bonds. The number of hydrogen-bond acceptors (Lipinski definition) is 8. The summed E-state index contributed by atoms with van der Waals surface area (Å²) in [6.45, 7) is 4.58. The van der Waals surface area contributed by atoms with Gasteiger partial charge in [-0.2, -0.15) is 0 Å². The van der Waals surface area contributed by atoms with Gasteiger partial charge in [0.15, 0.2) is 0 Å². The van der Waals surface area contributed by atoms with Crippen LogP contribution < -0.4 is 27.3 Å². The highest BCUT2D eigenvalue weighted by Gasteiger charge is 2.14. The molecule has 4 aromatic rings. The fourth-order valence-electron chi connectivity index (χ4n) is 3.77. The summed E-state index contributed by atoms with van der Waals surface area (Å²) in [4.78, 5) is 16.8. The Labute approximate surface area is 239 Å². The molecule has 7 N–H and O–H groups in total. The highest BCUT2D eigenvalue weighted by Crippen LogP contribution is 2.30. The van der Waals surface area contributed by atoms with Crippen LogP contribution in [0.1, 0.15) is 48.9 Å². The number of nitrogens with one attached hydrogen (secondary N) is 1. The first-order valence-electron chi connectivity index (χ1n) is 12.7. The molecule has 0 saturated carbocycles. The van der Waals surface area contributed by atoms with Gasteiger partial charge in [-0.15, -0.1) is 24.0 Å². The molecule has 0 aliphatic carbocycles. The number of hydrogen-bond donors (Lipinski definition) is 5. The molecule has 206 valence electrons. The van der Waals surface area contributed by atoms with Gasteiger partial charge in [0, 0.05) is 22.7 Å². The first-order valence-corrected chi connectivity index (χ1v) is 14.0. The second-order valence-electron chi connectivity index (χ2n) is 9.30. The number of thiazole rings is 1.